The van der Waals surface area contributed by atoms with Crippen molar-refractivity contribution in [1.82, 2.24) is 5.32 Å². The van der Waals surface area contributed by atoms with Crippen LogP contribution in [-0.4, -0.2) is 48.1 Å². The molecule has 0 heterocycles. The van der Waals surface area contributed by atoms with Crippen molar-refractivity contribution in [3.05, 3.63) is 65.2 Å². The van der Waals surface area contributed by atoms with Gasteiger partial charge in [-0.05, 0) is 62.8 Å². The zero-order chi connectivity index (χ0) is 22.4. The van der Waals surface area contributed by atoms with E-state index in [2.05, 4.69) is 19.2 Å². The fraction of sp³-hybridized carbons (Fsp3) is 0.480. The third kappa shape index (κ3) is 6.79. The average molecular weight is 428 g/mol. The molecule has 0 aliphatic heterocycles. The molecular weight excluding hydrogens is 394 g/mol. The first-order chi connectivity index (χ1) is 14.8. The van der Waals surface area contributed by atoms with Gasteiger partial charge in [-0.25, -0.2) is 4.79 Å². The highest BCUT2D eigenvalue weighted by Crippen LogP contribution is 2.45. The van der Waals surface area contributed by atoms with Crippen LogP contribution in [0.5, 0.6) is 5.75 Å². The molecule has 0 amide bonds. The highest BCUT2D eigenvalue weighted by molar-refractivity contribution is 5.87. The molecule has 2 atom stereocenters. The third-order valence-electron chi connectivity index (χ3n) is 5.63. The molecular formula is C25H33NO5. The minimum Gasteiger partial charge on any atom is -0.496 e. The Kier molecular flexibility index (Phi) is 7.70. The van der Waals surface area contributed by atoms with Crippen LogP contribution >= 0.6 is 0 Å². The van der Waals surface area contributed by atoms with Crippen molar-refractivity contribution in [1.29, 1.82) is 0 Å². The van der Waals surface area contributed by atoms with Crippen LogP contribution in [0.1, 0.15) is 54.3 Å². The van der Waals surface area contributed by atoms with Crippen molar-refractivity contribution in [3.63, 3.8) is 0 Å². The number of ether oxygens (including phenoxy) is 2. The van der Waals surface area contributed by atoms with Gasteiger partial charge in [0, 0.05) is 17.6 Å². The zero-order valence-corrected chi connectivity index (χ0v) is 18.5. The van der Waals surface area contributed by atoms with Crippen molar-refractivity contribution in [2.24, 2.45) is 5.92 Å². The molecule has 0 radical (unpaired) electrons. The normalized spacial score (nSPS) is 16.0. The second kappa shape index (κ2) is 10.3. The van der Waals surface area contributed by atoms with Crippen molar-refractivity contribution in [2.45, 2.75) is 50.9 Å². The minimum absolute atomic E-state index is 0.0634. The average Bonchev–Trinajstić information content (AvgIpc) is 3.58. The van der Waals surface area contributed by atoms with Crippen molar-refractivity contribution < 1.29 is 24.5 Å². The molecule has 0 aromatic heterocycles. The SMILES string of the molecule is COc1ccccc1[C@H](OC[C@H](O)CNC(C)(C)Cc1ccc(C(=O)O)cc1)C1CC1. The Labute approximate surface area is 184 Å². The van der Waals surface area contributed by atoms with Crippen LogP contribution in [0.3, 0.4) is 0 Å². The summed E-state index contributed by atoms with van der Waals surface area (Å²) in [7, 11) is 1.67. The number of benzene rings is 2. The molecule has 3 rings (SSSR count). The molecule has 6 heteroatoms. The summed E-state index contributed by atoms with van der Waals surface area (Å²) in [6, 6.07) is 14.8. The van der Waals surface area contributed by atoms with E-state index in [1.807, 2.05) is 36.4 Å². The molecule has 6 nitrogen and oxygen atoms in total. The summed E-state index contributed by atoms with van der Waals surface area (Å²) >= 11 is 0. The number of nitrogens with one attached hydrogen (secondary N) is 1. The van der Waals surface area contributed by atoms with E-state index in [1.54, 1.807) is 19.2 Å². The Hall–Kier alpha value is -2.41. The van der Waals surface area contributed by atoms with Gasteiger partial charge in [0.1, 0.15) is 5.75 Å². The van der Waals surface area contributed by atoms with E-state index >= 15 is 0 Å². The summed E-state index contributed by atoms with van der Waals surface area (Å²) in [5.74, 6) is 0.369. The maximum absolute atomic E-state index is 11.0. The summed E-state index contributed by atoms with van der Waals surface area (Å²) in [6.07, 6.45) is 2.28. The van der Waals surface area contributed by atoms with Crippen LogP contribution in [-0.2, 0) is 11.2 Å². The highest BCUT2D eigenvalue weighted by Gasteiger charge is 2.35. The molecule has 2 aromatic carbocycles. The monoisotopic (exact) mass is 427 g/mol. The lowest BCUT2D eigenvalue weighted by Crippen LogP contribution is -2.46. The number of para-hydroxylation sites is 1. The molecule has 1 fully saturated rings. The smallest absolute Gasteiger partial charge is 0.335 e. The van der Waals surface area contributed by atoms with Gasteiger partial charge in [-0.1, -0.05) is 30.3 Å². The first kappa shape index (κ1) is 23.3. The van der Waals surface area contributed by atoms with Gasteiger partial charge in [0.15, 0.2) is 0 Å². The van der Waals surface area contributed by atoms with Gasteiger partial charge in [-0.2, -0.15) is 0 Å². The van der Waals surface area contributed by atoms with Crippen LogP contribution in [0, 0.1) is 5.92 Å². The number of carboxylic acids is 1. The van der Waals surface area contributed by atoms with Crippen LogP contribution in [0.25, 0.3) is 0 Å². The Morgan fingerprint density at radius 3 is 2.45 bits per heavy atom. The lowest BCUT2D eigenvalue weighted by Gasteiger charge is -2.29. The van der Waals surface area contributed by atoms with Crippen LogP contribution in [0.15, 0.2) is 48.5 Å². The number of aliphatic hydroxyl groups is 1. The second-order valence-electron chi connectivity index (χ2n) is 8.93. The first-order valence-electron chi connectivity index (χ1n) is 10.8. The predicted octanol–water partition coefficient (Wildman–Crippen LogP) is 3.83. The first-order valence-corrected chi connectivity index (χ1v) is 10.8. The minimum atomic E-state index is -0.926. The number of hydrogen-bond donors (Lipinski definition) is 3. The molecule has 0 spiro atoms. The van der Waals surface area contributed by atoms with E-state index in [4.69, 9.17) is 14.6 Å². The number of carboxylic acid groups (broad SMARTS) is 1. The molecule has 31 heavy (non-hydrogen) atoms. The van der Waals surface area contributed by atoms with Crippen molar-refractivity contribution in [2.75, 3.05) is 20.3 Å². The third-order valence-corrected chi connectivity index (χ3v) is 5.63. The Balaban J connectivity index is 1.50. The van der Waals surface area contributed by atoms with Crippen LogP contribution in [0.2, 0.25) is 0 Å². The number of β-amino-alcohol motifs (C(OH)–C–C–N with tert-alkyl or cyclic N) is 1. The van der Waals surface area contributed by atoms with E-state index < -0.39 is 12.1 Å². The fourth-order valence-electron chi connectivity index (χ4n) is 3.79. The lowest BCUT2D eigenvalue weighted by atomic mass is 9.94. The maximum Gasteiger partial charge on any atom is 0.335 e. The van der Waals surface area contributed by atoms with Gasteiger partial charge in [-0.15, -0.1) is 0 Å². The zero-order valence-electron chi connectivity index (χ0n) is 18.5. The maximum atomic E-state index is 11.0. The molecule has 168 valence electrons. The summed E-state index contributed by atoms with van der Waals surface area (Å²) in [5.41, 5.74) is 2.10. The number of methoxy groups -OCH3 is 1. The number of rotatable bonds is 12. The van der Waals surface area contributed by atoms with E-state index in [1.165, 1.54) is 0 Å². The van der Waals surface area contributed by atoms with Crippen LogP contribution < -0.4 is 10.1 Å². The molecule has 2 aromatic rings. The molecule has 1 aliphatic carbocycles. The summed E-state index contributed by atoms with van der Waals surface area (Å²) < 4.78 is 11.6. The van der Waals surface area contributed by atoms with Gasteiger partial charge in [-0.3, -0.25) is 0 Å². The Bertz CT molecular complexity index is 860. The van der Waals surface area contributed by atoms with Crippen molar-refractivity contribution >= 4 is 5.97 Å². The van der Waals surface area contributed by atoms with Gasteiger partial charge in [0.25, 0.3) is 0 Å². The number of carbonyl (C=O) groups is 1. The molecule has 0 bridgehead atoms. The molecule has 1 saturated carbocycles. The topological polar surface area (TPSA) is 88.0 Å². The van der Waals surface area contributed by atoms with Gasteiger partial charge in [0.05, 0.1) is 31.5 Å². The quantitative estimate of drug-likeness (QED) is 0.477. The largest absolute Gasteiger partial charge is 0.496 e. The van der Waals surface area contributed by atoms with E-state index in [-0.39, 0.29) is 23.8 Å². The summed E-state index contributed by atoms with van der Waals surface area (Å²) in [6.45, 7) is 4.78. The van der Waals surface area contributed by atoms with Crippen molar-refractivity contribution in [3.8, 4) is 5.75 Å². The van der Waals surface area contributed by atoms with Gasteiger partial charge < -0.3 is 25.0 Å². The summed E-state index contributed by atoms with van der Waals surface area (Å²) in [5, 5.41) is 22.9. The number of aromatic carboxylic acids is 1. The van der Waals surface area contributed by atoms with Crippen LogP contribution in [0.4, 0.5) is 0 Å². The Morgan fingerprint density at radius 2 is 1.84 bits per heavy atom. The lowest BCUT2D eigenvalue weighted by molar-refractivity contribution is -0.0219. The van der Waals surface area contributed by atoms with Gasteiger partial charge >= 0.3 is 5.97 Å². The summed E-state index contributed by atoms with van der Waals surface area (Å²) in [4.78, 5) is 11.0. The Morgan fingerprint density at radius 1 is 1.16 bits per heavy atom. The predicted molar refractivity (Wildman–Crippen MR) is 120 cm³/mol. The molecule has 0 saturated heterocycles. The highest BCUT2D eigenvalue weighted by atomic mass is 16.5. The number of hydrogen-bond acceptors (Lipinski definition) is 5. The molecule has 1 aliphatic rings. The standard InChI is InChI=1S/C25H33NO5/c1-25(2,14-17-8-10-19(11-9-17)24(28)29)26-15-20(27)16-31-23(18-12-13-18)21-6-4-5-7-22(21)30-3/h4-11,18,20,23,26-27H,12-16H2,1-3H3,(H,28,29)/t20-,23-/m1/s1. The number of aliphatic hydroxyl groups excluding tert-OH is 1. The van der Waals surface area contributed by atoms with E-state index in [0.717, 1.165) is 29.7 Å². The molecule has 0 unspecified atom stereocenters. The molecule has 3 N–H and O–H groups in total. The van der Waals surface area contributed by atoms with E-state index in [9.17, 15) is 9.90 Å². The van der Waals surface area contributed by atoms with Gasteiger partial charge in [0.2, 0.25) is 0 Å². The fourth-order valence-corrected chi connectivity index (χ4v) is 3.79. The van der Waals surface area contributed by atoms with E-state index in [0.29, 0.717) is 18.9 Å². The second-order valence-corrected chi connectivity index (χ2v) is 8.93.